The largest absolute Gasteiger partial charge is 0.374 e. The molecule has 9 nitrogen and oxygen atoms in total. The second kappa shape index (κ2) is 6.48. The fourth-order valence-corrected chi connectivity index (χ4v) is 4.89. The van der Waals surface area contributed by atoms with Crippen LogP contribution in [-0.4, -0.2) is 55.0 Å². The zero-order valence-corrected chi connectivity index (χ0v) is 17.0. The predicted molar refractivity (Wildman–Crippen MR) is 107 cm³/mol. The molecule has 1 N–H and O–H groups in total. The number of nitriles is 1. The second-order valence-corrected chi connectivity index (χ2v) is 8.79. The number of aromatic nitrogens is 5. The van der Waals surface area contributed by atoms with Gasteiger partial charge in [0.1, 0.15) is 23.2 Å². The predicted octanol–water partition coefficient (Wildman–Crippen LogP) is 2.14. The molecule has 2 saturated heterocycles. The Kier molecular flexibility index (Phi) is 3.91. The summed E-state index contributed by atoms with van der Waals surface area (Å²) in [4.78, 5) is 6.37. The van der Waals surface area contributed by atoms with Crippen LogP contribution in [0.5, 0.6) is 0 Å². The molecule has 3 aromatic heterocycles. The molecule has 10 heteroatoms. The molecule has 160 valence electrons. The molecular formula is C21H22FN7O2. The Hall–Kier alpha value is -3.03. The van der Waals surface area contributed by atoms with E-state index in [1.807, 2.05) is 17.8 Å². The van der Waals surface area contributed by atoms with Gasteiger partial charge in [0.15, 0.2) is 11.6 Å². The minimum Gasteiger partial charge on any atom is -0.374 e. The average Bonchev–Trinajstić information content (AvgIpc) is 3.25. The van der Waals surface area contributed by atoms with Crippen molar-refractivity contribution in [3.8, 4) is 17.3 Å². The Morgan fingerprint density at radius 1 is 1.29 bits per heavy atom. The molecule has 3 aliphatic rings. The van der Waals surface area contributed by atoms with Crippen LogP contribution in [-0.2, 0) is 4.74 Å². The van der Waals surface area contributed by atoms with E-state index in [0.717, 1.165) is 24.6 Å². The zero-order valence-electron chi connectivity index (χ0n) is 17.0. The summed E-state index contributed by atoms with van der Waals surface area (Å²) in [5.41, 5.74) is 0.690. The zero-order chi connectivity index (χ0) is 21.3. The molecule has 3 fully saturated rings. The fourth-order valence-electron chi connectivity index (χ4n) is 4.89. The third-order valence-corrected chi connectivity index (χ3v) is 7.05. The first-order valence-electron chi connectivity index (χ1n) is 10.6. The summed E-state index contributed by atoms with van der Waals surface area (Å²) < 4.78 is 23.4. The van der Waals surface area contributed by atoms with Crippen LogP contribution in [0.25, 0.3) is 16.8 Å². The summed E-state index contributed by atoms with van der Waals surface area (Å²) in [5, 5.41) is 29.6. The van der Waals surface area contributed by atoms with Crippen LogP contribution in [0.15, 0.2) is 24.8 Å². The molecule has 0 radical (unpaired) electrons. The van der Waals surface area contributed by atoms with Gasteiger partial charge in [-0.15, -0.1) is 0 Å². The first-order valence-corrected chi connectivity index (χ1v) is 10.6. The van der Waals surface area contributed by atoms with Gasteiger partial charge < -0.3 is 14.7 Å². The number of ether oxygens (including phenoxy) is 1. The number of rotatable bonds is 4. The fraction of sp³-hybridized carbons (Fsp3) is 0.524. The van der Waals surface area contributed by atoms with E-state index in [1.165, 1.54) is 4.52 Å². The first-order chi connectivity index (χ1) is 15.0. The number of aliphatic hydroxyl groups is 1. The molecule has 3 aromatic rings. The van der Waals surface area contributed by atoms with Gasteiger partial charge in [0, 0.05) is 18.3 Å². The highest BCUT2D eigenvalue weighted by atomic mass is 19.1. The highest BCUT2D eigenvalue weighted by Gasteiger charge is 2.56. The lowest BCUT2D eigenvalue weighted by atomic mass is 9.82. The van der Waals surface area contributed by atoms with Gasteiger partial charge in [-0.05, 0) is 32.1 Å². The summed E-state index contributed by atoms with van der Waals surface area (Å²) in [7, 11) is 0. The summed E-state index contributed by atoms with van der Waals surface area (Å²) in [6, 6.07) is 2.54. The van der Waals surface area contributed by atoms with Gasteiger partial charge in [-0.2, -0.15) is 15.5 Å². The standard InChI is InChI=1S/C21H22FN7O2/c1-12-17(10-31-12)28-8-13(6-24-28)16-9-29-18(15(22)7-25-29)19(26-16)27-5-4-21(11-23,20(27)30)14-2-3-14/h6-9,12,14,17,20,30H,2-5,10H2,1H3/t12-,17+,20?,21-/m1/s1. The maximum absolute atomic E-state index is 14.6. The monoisotopic (exact) mass is 423 g/mol. The lowest BCUT2D eigenvalue weighted by Gasteiger charge is -2.34. The molecule has 0 bridgehead atoms. The van der Waals surface area contributed by atoms with E-state index in [2.05, 4.69) is 16.3 Å². The van der Waals surface area contributed by atoms with E-state index in [-0.39, 0.29) is 23.6 Å². The summed E-state index contributed by atoms with van der Waals surface area (Å²) in [6.45, 7) is 3.04. The number of nitrogens with zero attached hydrogens (tertiary/aromatic N) is 7. The van der Waals surface area contributed by atoms with E-state index in [9.17, 15) is 14.8 Å². The topological polar surface area (TPSA) is 104 Å². The van der Waals surface area contributed by atoms with Gasteiger partial charge >= 0.3 is 0 Å². The minimum absolute atomic E-state index is 0.0974. The highest BCUT2D eigenvalue weighted by molar-refractivity contribution is 5.74. The number of hydrogen-bond acceptors (Lipinski definition) is 7. The third-order valence-electron chi connectivity index (χ3n) is 7.05. The maximum Gasteiger partial charge on any atom is 0.172 e. The number of anilines is 1. The first kappa shape index (κ1) is 18.7. The van der Waals surface area contributed by atoms with Crippen molar-refractivity contribution in [2.75, 3.05) is 18.1 Å². The van der Waals surface area contributed by atoms with E-state index in [1.54, 1.807) is 17.3 Å². The smallest absolute Gasteiger partial charge is 0.172 e. The highest BCUT2D eigenvalue weighted by Crippen LogP contribution is 2.54. The Labute approximate surface area is 177 Å². The Morgan fingerprint density at radius 2 is 2.13 bits per heavy atom. The Bertz CT molecular complexity index is 1210. The van der Waals surface area contributed by atoms with E-state index in [0.29, 0.717) is 31.1 Å². The van der Waals surface area contributed by atoms with Gasteiger partial charge in [0.05, 0.1) is 43.1 Å². The lowest BCUT2D eigenvalue weighted by molar-refractivity contribution is -0.0974. The van der Waals surface area contributed by atoms with Crippen molar-refractivity contribution in [3.63, 3.8) is 0 Å². The number of halogens is 1. The molecule has 2 aliphatic heterocycles. The SMILES string of the molecule is C[C@H]1OC[C@@H]1n1cc(-c2cn3ncc(F)c3c(N3CC[C@@](C#N)(C4CC4)C3O)n2)cn1. The van der Waals surface area contributed by atoms with Crippen molar-refractivity contribution in [3.05, 3.63) is 30.6 Å². The number of aliphatic hydroxyl groups excluding tert-OH is 1. The average molecular weight is 423 g/mol. The summed E-state index contributed by atoms with van der Waals surface area (Å²) in [6.07, 6.45) is 7.86. The summed E-state index contributed by atoms with van der Waals surface area (Å²) in [5.74, 6) is -0.0412. The van der Waals surface area contributed by atoms with Crippen molar-refractivity contribution in [1.29, 1.82) is 5.26 Å². The van der Waals surface area contributed by atoms with Crippen LogP contribution < -0.4 is 4.90 Å². The maximum atomic E-state index is 14.6. The molecule has 31 heavy (non-hydrogen) atoms. The molecule has 1 saturated carbocycles. The quantitative estimate of drug-likeness (QED) is 0.685. The second-order valence-electron chi connectivity index (χ2n) is 8.79. The van der Waals surface area contributed by atoms with Gasteiger partial charge in [0.25, 0.3) is 0 Å². The van der Waals surface area contributed by atoms with Crippen molar-refractivity contribution in [2.45, 2.75) is 44.6 Å². The van der Waals surface area contributed by atoms with Gasteiger partial charge in [0.2, 0.25) is 0 Å². The Morgan fingerprint density at radius 3 is 2.81 bits per heavy atom. The van der Waals surface area contributed by atoms with Crippen molar-refractivity contribution < 1.29 is 14.2 Å². The molecule has 0 amide bonds. The molecule has 5 heterocycles. The van der Waals surface area contributed by atoms with Gasteiger partial charge in [-0.3, -0.25) is 4.68 Å². The van der Waals surface area contributed by atoms with Crippen molar-refractivity contribution >= 4 is 11.3 Å². The number of fused-ring (bicyclic) bond motifs is 1. The Balaban J connectivity index is 1.43. The van der Waals surface area contributed by atoms with E-state index in [4.69, 9.17) is 9.72 Å². The molecule has 6 rings (SSSR count). The normalized spacial score (nSPS) is 30.5. The molecular weight excluding hydrogens is 401 g/mol. The van der Waals surface area contributed by atoms with Crippen LogP contribution in [0, 0.1) is 28.5 Å². The van der Waals surface area contributed by atoms with Crippen molar-refractivity contribution in [1.82, 2.24) is 24.4 Å². The van der Waals surface area contributed by atoms with Crippen LogP contribution in [0.1, 0.15) is 32.2 Å². The molecule has 0 aromatic carbocycles. The van der Waals surface area contributed by atoms with Gasteiger partial charge in [-0.25, -0.2) is 13.9 Å². The van der Waals surface area contributed by atoms with Crippen LogP contribution in [0.2, 0.25) is 0 Å². The van der Waals surface area contributed by atoms with Crippen LogP contribution in [0.4, 0.5) is 10.2 Å². The van der Waals surface area contributed by atoms with Crippen molar-refractivity contribution in [2.24, 2.45) is 11.3 Å². The minimum atomic E-state index is -1.04. The molecule has 0 spiro atoms. The third kappa shape index (κ3) is 2.63. The molecule has 4 atom stereocenters. The van der Waals surface area contributed by atoms with Crippen LogP contribution in [0.3, 0.4) is 0 Å². The number of hydrogen-bond donors (Lipinski definition) is 1. The van der Waals surface area contributed by atoms with Gasteiger partial charge in [-0.1, -0.05) is 0 Å². The van der Waals surface area contributed by atoms with Crippen LogP contribution >= 0.6 is 0 Å². The van der Waals surface area contributed by atoms with E-state index < -0.39 is 17.5 Å². The molecule has 1 unspecified atom stereocenters. The molecule has 1 aliphatic carbocycles. The lowest BCUT2D eigenvalue weighted by Crippen LogP contribution is -2.41. The summed E-state index contributed by atoms with van der Waals surface area (Å²) >= 11 is 0. The van der Waals surface area contributed by atoms with E-state index >= 15 is 0 Å².